The van der Waals surface area contributed by atoms with Gasteiger partial charge in [0.25, 0.3) is 0 Å². The molecule has 1 aliphatic carbocycles. The zero-order valence-electron chi connectivity index (χ0n) is 10.5. The van der Waals surface area contributed by atoms with Gasteiger partial charge in [-0.05, 0) is 72.0 Å². The van der Waals surface area contributed by atoms with E-state index in [1.54, 1.807) is 0 Å². The quantitative estimate of drug-likeness (QED) is 0.770. The normalized spacial score (nSPS) is 28.7. The smallest absolute Gasteiger partial charge is 0.0749 e. The number of aliphatic hydroxyl groups is 1. The Labute approximate surface area is 121 Å². The summed E-state index contributed by atoms with van der Waals surface area (Å²) < 4.78 is 3.53. The second-order valence-corrected chi connectivity index (χ2v) is 6.72. The van der Waals surface area contributed by atoms with Crippen molar-refractivity contribution in [3.63, 3.8) is 0 Å². The molecule has 0 saturated heterocycles. The number of rotatable bonds is 1. The van der Waals surface area contributed by atoms with Crippen molar-refractivity contribution in [2.24, 2.45) is 5.92 Å². The minimum Gasteiger partial charge on any atom is -0.391 e. The first-order chi connectivity index (χ1) is 8.65. The van der Waals surface area contributed by atoms with Crippen LogP contribution in [0, 0.1) is 9.49 Å². The van der Waals surface area contributed by atoms with E-state index in [4.69, 9.17) is 0 Å². The molecule has 1 aromatic carbocycles. The molecular weight excluding hydrogens is 337 g/mol. The summed E-state index contributed by atoms with van der Waals surface area (Å²) in [7, 11) is 0. The summed E-state index contributed by atoms with van der Waals surface area (Å²) in [5.41, 5.74) is 1.24. The minimum atomic E-state index is -0.205. The number of hydrogen-bond donors (Lipinski definition) is 1. The number of aromatic nitrogens is 1. The first kappa shape index (κ1) is 12.5. The fraction of sp³-hybridized carbons (Fsp3) is 0.467. The van der Waals surface area contributed by atoms with Gasteiger partial charge in [0.1, 0.15) is 0 Å². The number of nitrogens with zero attached hydrogens (tertiary/aromatic N) is 1. The van der Waals surface area contributed by atoms with E-state index in [2.05, 4.69) is 64.5 Å². The Bertz CT molecular complexity index is 563. The molecule has 3 heteroatoms. The van der Waals surface area contributed by atoms with E-state index in [1.807, 2.05) is 0 Å². The van der Waals surface area contributed by atoms with Gasteiger partial charge in [0.05, 0.1) is 12.1 Å². The van der Waals surface area contributed by atoms with Crippen molar-refractivity contribution in [3.05, 3.63) is 34.0 Å². The van der Waals surface area contributed by atoms with E-state index in [0.717, 1.165) is 12.8 Å². The second kappa shape index (κ2) is 4.85. The summed E-state index contributed by atoms with van der Waals surface area (Å²) >= 11 is 2.34. The van der Waals surface area contributed by atoms with Crippen LogP contribution in [0.2, 0.25) is 0 Å². The number of hydrogen-bond acceptors (Lipinski definition) is 1. The van der Waals surface area contributed by atoms with E-state index in [1.165, 1.54) is 20.9 Å². The molecule has 3 rings (SSSR count). The van der Waals surface area contributed by atoms with Gasteiger partial charge in [0.15, 0.2) is 0 Å². The lowest BCUT2D eigenvalue weighted by Crippen LogP contribution is -2.30. The van der Waals surface area contributed by atoms with E-state index in [0.29, 0.717) is 5.92 Å². The Morgan fingerprint density at radius 2 is 2.11 bits per heavy atom. The molecule has 0 aliphatic heterocycles. The number of halogens is 1. The van der Waals surface area contributed by atoms with Crippen LogP contribution in [0.15, 0.2) is 30.5 Å². The van der Waals surface area contributed by atoms with Gasteiger partial charge in [0, 0.05) is 20.7 Å². The van der Waals surface area contributed by atoms with Crippen molar-refractivity contribution >= 4 is 33.5 Å². The highest BCUT2D eigenvalue weighted by Crippen LogP contribution is 2.34. The first-order valence-electron chi connectivity index (χ1n) is 6.59. The maximum absolute atomic E-state index is 10.3. The number of fused-ring (bicyclic) bond motifs is 1. The van der Waals surface area contributed by atoms with Crippen molar-refractivity contribution < 1.29 is 5.11 Å². The molecule has 2 nitrogen and oxygen atoms in total. The van der Waals surface area contributed by atoms with Crippen LogP contribution in [0.3, 0.4) is 0 Å². The van der Waals surface area contributed by atoms with Crippen LogP contribution in [0.4, 0.5) is 0 Å². The van der Waals surface area contributed by atoms with Crippen molar-refractivity contribution in [1.29, 1.82) is 0 Å². The molecule has 1 aliphatic rings. The largest absolute Gasteiger partial charge is 0.391 e. The Morgan fingerprint density at radius 3 is 2.89 bits per heavy atom. The summed E-state index contributed by atoms with van der Waals surface area (Å²) in [6.07, 6.45) is 5.15. The minimum absolute atomic E-state index is 0.205. The molecule has 18 heavy (non-hydrogen) atoms. The lowest BCUT2D eigenvalue weighted by Gasteiger charge is -2.33. The van der Waals surface area contributed by atoms with Crippen LogP contribution in [0.1, 0.15) is 32.2 Å². The average molecular weight is 355 g/mol. The van der Waals surface area contributed by atoms with Crippen molar-refractivity contribution in [2.75, 3.05) is 0 Å². The standard InChI is InChI=1S/C15H18INO/c1-10-2-4-14(15(18)8-10)17-7-6-11-9-12(16)3-5-13(11)17/h3,5-7,9-10,14-15,18H,2,4,8H2,1H3/t10-,14-,15-/m1/s1. The van der Waals surface area contributed by atoms with Crippen molar-refractivity contribution in [3.8, 4) is 0 Å². The Balaban J connectivity index is 1.99. The predicted molar refractivity (Wildman–Crippen MR) is 82.7 cm³/mol. The summed E-state index contributed by atoms with van der Waals surface area (Å²) in [4.78, 5) is 0. The monoisotopic (exact) mass is 355 g/mol. The van der Waals surface area contributed by atoms with Crippen LogP contribution in [-0.2, 0) is 0 Å². The molecule has 1 saturated carbocycles. The first-order valence-corrected chi connectivity index (χ1v) is 7.67. The summed E-state index contributed by atoms with van der Waals surface area (Å²) in [5.74, 6) is 0.652. The third-order valence-electron chi connectivity index (χ3n) is 4.08. The van der Waals surface area contributed by atoms with Gasteiger partial charge in [-0.25, -0.2) is 0 Å². The molecule has 96 valence electrons. The van der Waals surface area contributed by atoms with Crippen molar-refractivity contribution in [1.82, 2.24) is 4.57 Å². The van der Waals surface area contributed by atoms with Gasteiger partial charge in [-0.3, -0.25) is 0 Å². The maximum atomic E-state index is 10.3. The van der Waals surface area contributed by atoms with Gasteiger partial charge >= 0.3 is 0 Å². The van der Waals surface area contributed by atoms with Crippen LogP contribution < -0.4 is 0 Å². The van der Waals surface area contributed by atoms with E-state index in [9.17, 15) is 5.11 Å². The van der Waals surface area contributed by atoms with E-state index in [-0.39, 0.29) is 12.1 Å². The summed E-state index contributed by atoms with van der Waals surface area (Å²) in [6.45, 7) is 2.23. The van der Waals surface area contributed by atoms with Crippen LogP contribution in [0.25, 0.3) is 10.9 Å². The molecule has 3 atom stereocenters. The highest BCUT2D eigenvalue weighted by Gasteiger charge is 2.28. The van der Waals surface area contributed by atoms with Gasteiger partial charge in [0.2, 0.25) is 0 Å². The number of benzene rings is 1. The fourth-order valence-corrected chi connectivity index (χ4v) is 3.60. The molecule has 0 bridgehead atoms. The molecule has 0 amide bonds. The zero-order valence-corrected chi connectivity index (χ0v) is 12.7. The lowest BCUT2D eigenvalue weighted by molar-refractivity contribution is 0.0566. The molecule has 2 aromatic rings. The average Bonchev–Trinajstić information content (AvgIpc) is 2.72. The predicted octanol–water partition coefficient (Wildman–Crippen LogP) is 3.97. The molecule has 1 N–H and O–H groups in total. The molecule has 0 radical (unpaired) electrons. The summed E-state index contributed by atoms with van der Waals surface area (Å²) in [5, 5.41) is 11.6. The van der Waals surface area contributed by atoms with E-state index >= 15 is 0 Å². The van der Waals surface area contributed by atoms with Crippen LogP contribution in [0.5, 0.6) is 0 Å². The van der Waals surface area contributed by atoms with Crippen molar-refractivity contribution in [2.45, 2.75) is 38.3 Å². The molecule has 1 heterocycles. The topological polar surface area (TPSA) is 25.2 Å². The third-order valence-corrected chi connectivity index (χ3v) is 4.75. The van der Waals surface area contributed by atoms with Gasteiger partial charge < -0.3 is 9.67 Å². The van der Waals surface area contributed by atoms with Gasteiger partial charge in [-0.2, -0.15) is 0 Å². The molecule has 1 aromatic heterocycles. The summed E-state index contributed by atoms with van der Waals surface area (Å²) in [6, 6.07) is 8.91. The van der Waals surface area contributed by atoms with E-state index < -0.39 is 0 Å². The van der Waals surface area contributed by atoms with Gasteiger partial charge in [-0.15, -0.1) is 0 Å². The Morgan fingerprint density at radius 1 is 1.28 bits per heavy atom. The second-order valence-electron chi connectivity index (χ2n) is 5.48. The molecular formula is C15H18INO. The number of aliphatic hydroxyl groups excluding tert-OH is 1. The highest BCUT2D eigenvalue weighted by atomic mass is 127. The SMILES string of the molecule is C[C@@H]1CC[C@@H](n2ccc3cc(I)ccc32)[C@H](O)C1. The highest BCUT2D eigenvalue weighted by molar-refractivity contribution is 14.1. The molecule has 0 unspecified atom stereocenters. The maximum Gasteiger partial charge on any atom is 0.0749 e. The molecule has 0 spiro atoms. The lowest BCUT2D eigenvalue weighted by atomic mass is 9.85. The fourth-order valence-electron chi connectivity index (χ4n) is 3.08. The zero-order chi connectivity index (χ0) is 12.7. The van der Waals surface area contributed by atoms with Crippen LogP contribution in [-0.4, -0.2) is 15.8 Å². The van der Waals surface area contributed by atoms with Gasteiger partial charge in [-0.1, -0.05) is 6.92 Å². The Kier molecular flexibility index (Phi) is 3.36. The molecule has 1 fully saturated rings. The van der Waals surface area contributed by atoms with Crippen LogP contribution >= 0.6 is 22.6 Å². The third kappa shape index (κ3) is 2.18. The Hall–Kier alpha value is -0.550.